The Hall–Kier alpha value is -1.71. The van der Waals surface area contributed by atoms with Gasteiger partial charge < -0.3 is 4.98 Å². The Labute approximate surface area is 87.7 Å². The van der Waals surface area contributed by atoms with E-state index >= 15 is 0 Å². The van der Waals surface area contributed by atoms with Gasteiger partial charge in [0.25, 0.3) is 0 Å². The molecule has 0 saturated carbocycles. The molecule has 78 valence electrons. The van der Waals surface area contributed by atoms with E-state index in [-0.39, 0.29) is 5.78 Å². The molecule has 2 heterocycles. The highest BCUT2D eigenvalue weighted by atomic mass is 16.1. The highest BCUT2D eigenvalue weighted by Crippen LogP contribution is 2.16. The molecule has 15 heavy (non-hydrogen) atoms. The highest BCUT2D eigenvalue weighted by molar-refractivity contribution is 5.96. The predicted octanol–water partition coefficient (Wildman–Crippen LogP) is 2.28. The van der Waals surface area contributed by atoms with Crippen molar-refractivity contribution in [2.75, 3.05) is 0 Å². The van der Waals surface area contributed by atoms with Crippen LogP contribution in [0.3, 0.4) is 0 Å². The van der Waals surface area contributed by atoms with E-state index < -0.39 is 0 Å². The second kappa shape index (κ2) is 3.46. The van der Waals surface area contributed by atoms with Gasteiger partial charge in [-0.25, -0.2) is 9.97 Å². The lowest BCUT2D eigenvalue weighted by molar-refractivity contribution is 0.101. The van der Waals surface area contributed by atoms with Gasteiger partial charge in [-0.05, 0) is 13.0 Å². The molecule has 0 saturated heterocycles. The maximum atomic E-state index is 11.2. The number of Topliss-reactive ketones (excluding diaryl/α,β-unsaturated/α-hetero) is 1. The number of H-pyrrole nitrogens is 1. The number of aromatic nitrogens is 3. The van der Waals surface area contributed by atoms with E-state index in [1.54, 1.807) is 12.3 Å². The van der Waals surface area contributed by atoms with Gasteiger partial charge in [-0.3, -0.25) is 4.79 Å². The van der Waals surface area contributed by atoms with Crippen LogP contribution in [0.4, 0.5) is 0 Å². The van der Waals surface area contributed by atoms with E-state index in [4.69, 9.17) is 0 Å². The molecule has 0 bridgehead atoms. The number of imidazole rings is 1. The Morgan fingerprint density at radius 1 is 1.47 bits per heavy atom. The second-order valence-corrected chi connectivity index (χ2v) is 3.93. The standard InChI is InChI=1S/C11H13N3O/c1-6(2)10-13-9-4-8(7(3)15)5-12-11(9)14-10/h4-6H,1-3H3,(H,12,13,14). The molecule has 0 unspecified atom stereocenters. The van der Waals surface area contributed by atoms with Gasteiger partial charge in [-0.2, -0.15) is 0 Å². The summed E-state index contributed by atoms with van der Waals surface area (Å²) >= 11 is 0. The Balaban J connectivity index is 2.57. The summed E-state index contributed by atoms with van der Waals surface area (Å²) in [7, 11) is 0. The molecule has 0 amide bonds. The summed E-state index contributed by atoms with van der Waals surface area (Å²) in [5, 5.41) is 0. The first-order valence-electron chi connectivity index (χ1n) is 4.94. The van der Waals surface area contributed by atoms with Gasteiger partial charge in [0.2, 0.25) is 0 Å². The van der Waals surface area contributed by atoms with E-state index in [1.165, 1.54) is 6.92 Å². The molecule has 4 heteroatoms. The molecule has 1 N–H and O–H groups in total. The minimum Gasteiger partial charge on any atom is -0.340 e. The van der Waals surface area contributed by atoms with Crippen LogP contribution in [0.1, 0.15) is 42.9 Å². The number of hydrogen-bond donors (Lipinski definition) is 1. The Morgan fingerprint density at radius 3 is 2.80 bits per heavy atom. The normalized spacial score (nSPS) is 11.2. The summed E-state index contributed by atoms with van der Waals surface area (Å²) in [6.45, 7) is 5.65. The summed E-state index contributed by atoms with van der Waals surface area (Å²) in [5.74, 6) is 1.25. The van der Waals surface area contributed by atoms with Crippen molar-refractivity contribution in [3.63, 3.8) is 0 Å². The van der Waals surface area contributed by atoms with Crippen molar-refractivity contribution in [3.8, 4) is 0 Å². The van der Waals surface area contributed by atoms with E-state index in [0.717, 1.165) is 11.3 Å². The van der Waals surface area contributed by atoms with Crippen molar-refractivity contribution in [3.05, 3.63) is 23.7 Å². The zero-order valence-electron chi connectivity index (χ0n) is 9.03. The van der Waals surface area contributed by atoms with Crippen LogP contribution in [0, 0.1) is 0 Å². The van der Waals surface area contributed by atoms with Crippen LogP contribution in [0.2, 0.25) is 0 Å². The van der Waals surface area contributed by atoms with Crippen molar-refractivity contribution in [2.45, 2.75) is 26.7 Å². The quantitative estimate of drug-likeness (QED) is 0.762. The van der Waals surface area contributed by atoms with E-state index in [1.807, 2.05) is 0 Å². The summed E-state index contributed by atoms with van der Waals surface area (Å²) in [6, 6.07) is 1.80. The fraction of sp³-hybridized carbons (Fsp3) is 0.364. The van der Waals surface area contributed by atoms with Gasteiger partial charge in [0.15, 0.2) is 11.4 Å². The van der Waals surface area contributed by atoms with Crippen LogP contribution in [-0.4, -0.2) is 20.7 Å². The van der Waals surface area contributed by atoms with Crippen molar-refractivity contribution >= 4 is 16.9 Å². The van der Waals surface area contributed by atoms with Crippen molar-refractivity contribution in [1.29, 1.82) is 0 Å². The number of carbonyl (C=O) groups is 1. The molecule has 0 fully saturated rings. The Kier molecular flexibility index (Phi) is 2.26. The SMILES string of the molecule is CC(=O)c1cnc2nc(C(C)C)[nH]c2c1. The minimum atomic E-state index is 0.0186. The molecule has 2 aromatic heterocycles. The number of nitrogens with zero attached hydrogens (tertiary/aromatic N) is 2. The van der Waals surface area contributed by atoms with Crippen molar-refractivity contribution < 1.29 is 4.79 Å². The molecule has 2 aromatic rings. The summed E-state index contributed by atoms with van der Waals surface area (Å²) in [6.07, 6.45) is 1.57. The second-order valence-electron chi connectivity index (χ2n) is 3.93. The van der Waals surface area contributed by atoms with Gasteiger partial charge in [0, 0.05) is 17.7 Å². The monoisotopic (exact) mass is 203 g/mol. The molecule has 2 rings (SSSR count). The summed E-state index contributed by atoms with van der Waals surface area (Å²) in [5.41, 5.74) is 2.11. The van der Waals surface area contributed by atoms with Gasteiger partial charge in [0.1, 0.15) is 5.82 Å². The Bertz CT molecular complexity index is 514. The fourth-order valence-corrected chi connectivity index (χ4v) is 1.38. The first kappa shape index (κ1) is 9.83. The van der Waals surface area contributed by atoms with Gasteiger partial charge in [-0.15, -0.1) is 0 Å². The minimum absolute atomic E-state index is 0.0186. The van der Waals surface area contributed by atoms with Crippen LogP contribution in [0.25, 0.3) is 11.2 Å². The number of aromatic amines is 1. The van der Waals surface area contributed by atoms with Gasteiger partial charge in [-0.1, -0.05) is 13.8 Å². The van der Waals surface area contributed by atoms with E-state index in [2.05, 4.69) is 28.8 Å². The van der Waals surface area contributed by atoms with Gasteiger partial charge in [0.05, 0.1) is 5.52 Å². The van der Waals surface area contributed by atoms with Crippen LogP contribution in [0.15, 0.2) is 12.3 Å². The van der Waals surface area contributed by atoms with Crippen molar-refractivity contribution in [2.24, 2.45) is 0 Å². The number of carbonyl (C=O) groups excluding carboxylic acids is 1. The number of fused-ring (bicyclic) bond motifs is 1. The average Bonchev–Trinajstić information content (AvgIpc) is 2.59. The average molecular weight is 203 g/mol. The lowest BCUT2D eigenvalue weighted by Crippen LogP contribution is -1.92. The molecular formula is C11H13N3O. The maximum absolute atomic E-state index is 11.2. The van der Waals surface area contributed by atoms with Crippen LogP contribution >= 0.6 is 0 Å². The first-order valence-corrected chi connectivity index (χ1v) is 4.94. The Morgan fingerprint density at radius 2 is 2.20 bits per heavy atom. The zero-order valence-corrected chi connectivity index (χ0v) is 9.03. The molecule has 0 spiro atoms. The topological polar surface area (TPSA) is 58.6 Å². The van der Waals surface area contributed by atoms with Crippen LogP contribution in [-0.2, 0) is 0 Å². The van der Waals surface area contributed by atoms with Crippen molar-refractivity contribution in [1.82, 2.24) is 15.0 Å². The van der Waals surface area contributed by atoms with Crippen LogP contribution < -0.4 is 0 Å². The summed E-state index contributed by atoms with van der Waals surface area (Å²) in [4.78, 5) is 22.8. The van der Waals surface area contributed by atoms with E-state index in [0.29, 0.717) is 17.1 Å². The zero-order chi connectivity index (χ0) is 11.0. The molecule has 0 radical (unpaired) electrons. The van der Waals surface area contributed by atoms with Crippen LogP contribution in [0.5, 0.6) is 0 Å². The molecule has 0 aliphatic carbocycles. The summed E-state index contributed by atoms with van der Waals surface area (Å²) < 4.78 is 0. The molecule has 0 aliphatic rings. The lowest BCUT2D eigenvalue weighted by Gasteiger charge is -1.95. The maximum Gasteiger partial charge on any atom is 0.177 e. The smallest absolute Gasteiger partial charge is 0.177 e. The molecule has 0 atom stereocenters. The van der Waals surface area contributed by atoms with Gasteiger partial charge >= 0.3 is 0 Å². The molecular weight excluding hydrogens is 190 g/mol. The number of hydrogen-bond acceptors (Lipinski definition) is 3. The van der Waals surface area contributed by atoms with E-state index in [9.17, 15) is 4.79 Å². The number of nitrogens with one attached hydrogen (secondary N) is 1. The molecule has 4 nitrogen and oxygen atoms in total. The third-order valence-corrected chi connectivity index (χ3v) is 2.31. The highest BCUT2D eigenvalue weighted by Gasteiger charge is 2.08. The fourth-order valence-electron chi connectivity index (χ4n) is 1.38. The largest absolute Gasteiger partial charge is 0.340 e. The lowest BCUT2D eigenvalue weighted by atomic mass is 10.2. The predicted molar refractivity (Wildman–Crippen MR) is 58.0 cm³/mol. The molecule has 0 aromatic carbocycles. The third-order valence-electron chi connectivity index (χ3n) is 2.31. The molecule has 0 aliphatic heterocycles. The first-order chi connectivity index (χ1) is 7.08. The third kappa shape index (κ3) is 1.75. The number of pyridine rings is 1. The number of ketones is 1. The number of rotatable bonds is 2.